The van der Waals surface area contributed by atoms with Crippen LogP contribution in [0.4, 0.5) is 8.78 Å². The Morgan fingerprint density at radius 3 is 1.97 bits per heavy atom. The number of fused-ring (bicyclic) bond motifs is 1. The van der Waals surface area contributed by atoms with Crippen molar-refractivity contribution in [1.29, 1.82) is 0 Å². The van der Waals surface area contributed by atoms with Gasteiger partial charge in [0, 0.05) is 6.61 Å². The fourth-order valence-electron chi connectivity index (χ4n) is 6.78. The summed E-state index contributed by atoms with van der Waals surface area (Å²) in [4.78, 5) is 0. The molecule has 4 aliphatic rings. The van der Waals surface area contributed by atoms with Gasteiger partial charge in [0.15, 0.2) is 12.3 Å². The third-order valence-corrected chi connectivity index (χ3v) is 8.88. The molecule has 3 aliphatic carbocycles. The molecule has 4 rings (SSSR count). The van der Waals surface area contributed by atoms with Gasteiger partial charge in [-0.15, -0.1) is 0 Å². The van der Waals surface area contributed by atoms with Crippen LogP contribution in [0.1, 0.15) is 90.9 Å². The van der Waals surface area contributed by atoms with Crippen LogP contribution in [0.5, 0.6) is 0 Å². The third-order valence-electron chi connectivity index (χ3n) is 8.88. The SMILES string of the molecule is CCC1CCC(C2CCC(COC3CC4CCC(C)OC4C(F)C3F)CC2)CC1. The van der Waals surface area contributed by atoms with Crippen LogP contribution in [0.25, 0.3) is 0 Å². The minimum atomic E-state index is -1.54. The summed E-state index contributed by atoms with van der Waals surface area (Å²) in [6, 6.07) is 0. The van der Waals surface area contributed by atoms with Crippen molar-refractivity contribution in [2.75, 3.05) is 6.61 Å². The molecule has 1 heterocycles. The first kappa shape index (κ1) is 22.0. The molecular formula is C25H42F2O2. The van der Waals surface area contributed by atoms with Crippen molar-refractivity contribution < 1.29 is 18.3 Å². The molecule has 1 saturated heterocycles. The van der Waals surface area contributed by atoms with Crippen molar-refractivity contribution >= 4 is 0 Å². The van der Waals surface area contributed by atoms with Crippen molar-refractivity contribution in [1.82, 2.24) is 0 Å². The summed E-state index contributed by atoms with van der Waals surface area (Å²) < 4.78 is 41.1. The third kappa shape index (κ3) is 5.17. The molecule has 29 heavy (non-hydrogen) atoms. The lowest BCUT2D eigenvalue weighted by molar-refractivity contribution is -0.181. The van der Waals surface area contributed by atoms with Crippen molar-refractivity contribution in [3.63, 3.8) is 0 Å². The van der Waals surface area contributed by atoms with Gasteiger partial charge in [0.05, 0.1) is 18.3 Å². The van der Waals surface area contributed by atoms with Gasteiger partial charge in [0.2, 0.25) is 0 Å². The summed E-state index contributed by atoms with van der Waals surface area (Å²) >= 11 is 0. The summed E-state index contributed by atoms with van der Waals surface area (Å²) in [6.45, 7) is 4.91. The lowest BCUT2D eigenvalue weighted by Gasteiger charge is -2.45. The van der Waals surface area contributed by atoms with E-state index in [1.165, 1.54) is 57.8 Å². The van der Waals surface area contributed by atoms with Gasteiger partial charge in [0.1, 0.15) is 0 Å². The van der Waals surface area contributed by atoms with Crippen LogP contribution < -0.4 is 0 Å². The Hall–Kier alpha value is -0.220. The molecule has 0 amide bonds. The van der Waals surface area contributed by atoms with E-state index in [2.05, 4.69) is 6.92 Å². The van der Waals surface area contributed by atoms with Crippen LogP contribution in [0.15, 0.2) is 0 Å². The molecule has 4 heteroatoms. The second kappa shape index (κ2) is 9.94. The van der Waals surface area contributed by atoms with Crippen LogP contribution in [-0.4, -0.2) is 37.3 Å². The highest BCUT2D eigenvalue weighted by molar-refractivity contribution is 4.97. The zero-order chi connectivity index (χ0) is 20.4. The van der Waals surface area contributed by atoms with Crippen LogP contribution >= 0.6 is 0 Å². The van der Waals surface area contributed by atoms with Crippen molar-refractivity contribution in [3.8, 4) is 0 Å². The fraction of sp³-hybridized carbons (Fsp3) is 1.00. The van der Waals surface area contributed by atoms with Gasteiger partial charge < -0.3 is 9.47 Å². The molecule has 4 fully saturated rings. The maximum atomic E-state index is 14.7. The maximum Gasteiger partial charge on any atom is 0.160 e. The maximum absolute atomic E-state index is 14.7. The van der Waals surface area contributed by atoms with E-state index in [4.69, 9.17) is 9.47 Å². The zero-order valence-corrected chi connectivity index (χ0v) is 18.5. The Balaban J connectivity index is 1.19. The van der Waals surface area contributed by atoms with E-state index >= 15 is 0 Å². The number of hydrogen-bond donors (Lipinski definition) is 0. The Bertz CT molecular complexity index is 497. The van der Waals surface area contributed by atoms with E-state index in [0.717, 1.165) is 30.6 Å². The number of ether oxygens (including phenoxy) is 2. The number of alkyl halides is 2. The predicted molar refractivity (Wildman–Crippen MR) is 112 cm³/mol. The molecule has 0 aromatic carbocycles. The second-order valence-electron chi connectivity index (χ2n) is 10.7. The zero-order valence-electron chi connectivity index (χ0n) is 18.5. The highest BCUT2D eigenvalue weighted by Gasteiger charge is 2.49. The van der Waals surface area contributed by atoms with Crippen LogP contribution in [0, 0.1) is 29.6 Å². The van der Waals surface area contributed by atoms with Crippen LogP contribution in [0.3, 0.4) is 0 Å². The highest BCUT2D eigenvalue weighted by atomic mass is 19.2. The Labute approximate surface area is 176 Å². The molecule has 6 unspecified atom stereocenters. The Morgan fingerprint density at radius 1 is 0.759 bits per heavy atom. The van der Waals surface area contributed by atoms with Gasteiger partial charge in [-0.25, -0.2) is 8.78 Å². The van der Waals surface area contributed by atoms with E-state index in [1.54, 1.807) is 0 Å². The number of rotatable bonds is 5. The summed E-state index contributed by atoms with van der Waals surface area (Å²) in [7, 11) is 0. The average Bonchev–Trinajstić information content (AvgIpc) is 2.76. The van der Waals surface area contributed by atoms with E-state index in [9.17, 15) is 8.78 Å². The molecule has 0 aromatic rings. The first-order valence-electron chi connectivity index (χ1n) is 12.6. The standard InChI is InChI=1S/C25H42F2O2/c1-3-17-5-10-19(11-6-17)20-12-7-18(8-13-20)15-28-22-14-21-9-4-16(2)29-25(21)24(27)23(22)26/h16-25H,3-15H2,1-2H3. The van der Waals surface area contributed by atoms with E-state index in [1.807, 2.05) is 6.92 Å². The van der Waals surface area contributed by atoms with Crippen molar-refractivity contribution in [2.24, 2.45) is 29.6 Å². The number of halogens is 2. The first-order valence-corrected chi connectivity index (χ1v) is 12.6. The van der Waals surface area contributed by atoms with Gasteiger partial charge in [0.25, 0.3) is 0 Å². The summed E-state index contributed by atoms with van der Waals surface area (Å²) in [6.07, 6.45) is 10.4. The van der Waals surface area contributed by atoms with E-state index in [-0.39, 0.29) is 12.0 Å². The molecule has 0 bridgehead atoms. The monoisotopic (exact) mass is 412 g/mol. The highest BCUT2D eigenvalue weighted by Crippen LogP contribution is 2.43. The lowest BCUT2D eigenvalue weighted by Crippen LogP contribution is -2.54. The Kier molecular flexibility index (Phi) is 7.53. The summed E-state index contributed by atoms with van der Waals surface area (Å²) in [5.74, 6) is 3.45. The molecule has 1 aliphatic heterocycles. The quantitative estimate of drug-likeness (QED) is 0.503. The smallest absolute Gasteiger partial charge is 0.160 e. The van der Waals surface area contributed by atoms with Crippen molar-refractivity contribution in [3.05, 3.63) is 0 Å². The molecule has 168 valence electrons. The molecular weight excluding hydrogens is 370 g/mol. The molecule has 0 spiro atoms. The van der Waals surface area contributed by atoms with Gasteiger partial charge in [-0.2, -0.15) is 0 Å². The minimum Gasteiger partial charge on any atom is -0.375 e. The molecule has 0 aromatic heterocycles. The van der Waals surface area contributed by atoms with Gasteiger partial charge in [-0.1, -0.05) is 26.2 Å². The van der Waals surface area contributed by atoms with Crippen LogP contribution in [0.2, 0.25) is 0 Å². The molecule has 3 saturated carbocycles. The minimum absolute atomic E-state index is 0.0476. The van der Waals surface area contributed by atoms with Gasteiger partial charge in [-0.3, -0.25) is 0 Å². The van der Waals surface area contributed by atoms with Gasteiger partial charge >= 0.3 is 0 Å². The molecule has 0 N–H and O–H groups in total. The largest absolute Gasteiger partial charge is 0.375 e. The lowest BCUT2D eigenvalue weighted by atomic mass is 9.69. The fourth-order valence-corrected chi connectivity index (χ4v) is 6.78. The topological polar surface area (TPSA) is 18.5 Å². The molecule has 0 radical (unpaired) electrons. The normalized spacial score (nSPS) is 48.8. The number of hydrogen-bond acceptors (Lipinski definition) is 2. The predicted octanol–water partition coefficient (Wildman–Crippen LogP) is 6.66. The van der Waals surface area contributed by atoms with E-state index < -0.39 is 24.6 Å². The van der Waals surface area contributed by atoms with E-state index in [0.29, 0.717) is 18.9 Å². The molecule has 6 atom stereocenters. The van der Waals surface area contributed by atoms with Crippen LogP contribution in [-0.2, 0) is 9.47 Å². The van der Waals surface area contributed by atoms with Crippen molar-refractivity contribution in [2.45, 2.75) is 122 Å². The Morgan fingerprint density at radius 2 is 1.34 bits per heavy atom. The summed E-state index contributed by atoms with van der Waals surface area (Å²) in [5, 5.41) is 0. The second-order valence-corrected chi connectivity index (χ2v) is 10.7. The first-order chi connectivity index (χ1) is 14.0. The summed E-state index contributed by atoms with van der Waals surface area (Å²) in [5.41, 5.74) is 0. The average molecular weight is 413 g/mol. The van der Waals surface area contributed by atoms with Gasteiger partial charge in [-0.05, 0) is 94.3 Å². The molecule has 2 nitrogen and oxygen atoms in total.